The maximum Gasteiger partial charge on any atom is 0.142 e. The molecule has 2 heteroatoms. The molecule has 0 saturated heterocycles. The largest absolute Gasteiger partial charge is 0.299 e. The Kier molecular flexibility index (Phi) is 8.22. The summed E-state index contributed by atoms with van der Waals surface area (Å²) in [6, 6.07) is 0. The summed E-state index contributed by atoms with van der Waals surface area (Å²) < 4.78 is 0.220. The van der Waals surface area contributed by atoms with Crippen LogP contribution in [0.2, 0.25) is 0 Å². The minimum absolute atomic E-state index is 0.220. The minimum atomic E-state index is 0.220. The molecule has 0 aromatic heterocycles. The lowest BCUT2D eigenvalue weighted by Crippen LogP contribution is -2.12. The Morgan fingerprint density at radius 2 is 1.67 bits per heavy atom. The Hall–Kier alpha value is 0.0200. The number of ketones is 1. The highest BCUT2D eigenvalue weighted by Gasteiger charge is 2.12. The summed E-state index contributed by atoms with van der Waals surface area (Å²) in [5, 5.41) is 0. The zero-order chi connectivity index (χ0) is 11.7. The smallest absolute Gasteiger partial charge is 0.142 e. The average Bonchev–Trinajstić information content (AvgIpc) is 2.13. The van der Waals surface area contributed by atoms with E-state index in [-0.39, 0.29) is 4.75 Å². The molecular formula is C13H26OS. The number of Topliss-reactive ketones (excluding diaryl/α,β-unsaturated/α-hetero) is 1. The van der Waals surface area contributed by atoms with Crippen molar-refractivity contribution in [1.82, 2.24) is 0 Å². The van der Waals surface area contributed by atoms with Crippen LogP contribution in [0, 0.1) is 0 Å². The van der Waals surface area contributed by atoms with Crippen LogP contribution in [0.1, 0.15) is 66.2 Å². The maximum absolute atomic E-state index is 11.5. The molecule has 0 atom stereocenters. The summed E-state index contributed by atoms with van der Waals surface area (Å²) in [5.74, 6) is 1.11. The highest BCUT2D eigenvalue weighted by atomic mass is 32.2. The Bertz CT molecular complexity index is 170. The molecule has 0 saturated carbocycles. The Labute approximate surface area is 99.4 Å². The zero-order valence-electron chi connectivity index (χ0n) is 10.8. The molecule has 1 nitrogen and oxygen atoms in total. The second kappa shape index (κ2) is 8.20. The number of carbonyl (C=O) groups is 1. The topological polar surface area (TPSA) is 17.1 Å². The van der Waals surface area contributed by atoms with Crippen molar-refractivity contribution in [2.45, 2.75) is 71.0 Å². The van der Waals surface area contributed by atoms with E-state index in [1.807, 2.05) is 0 Å². The summed E-state index contributed by atoms with van der Waals surface area (Å²) in [7, 11) is 0. The Balaban J connectivity index is 3.34. The third-order valence-corrected chi connectivity index (χ3v) is 3.56. The van der Waals surface area contributed by atoms with Crippen molar-refractivity contribution in [2.24, 2.45) is 0 Å². The van der Waals surface area contributed by atoms with Gasteiger partial charge in [0.15, 0.2) is 0 Å². The van der Waals surface area contributed by atoms with E-state index in [1.54, 1.807) is 11.8 Å². The number of rotatable bonds is 8. The van der Waals surface area contributed by atoms with Gasteiger partial charge >= 0.3 is 0 Å². The molecule has 15 heavy (non-hydrogen) atoms. The molecule has 0 aromatic carbocycles. The number of carbonyl (C=O) groups excluding carboxylic acids is 1. The summed E-state index contributed by atoms with van der Waals surface area (Å²) in [4.78, 5) is 11.5. The number of hydrogen-bond donors (Lipinski definition) is 0. The van der Waals surface area contributed by atoms with E-state index in [0.29, 0.717) is 11.5 Å². The lowest BCUT2D eigenvalue weighted by atomic mass is 10.1. The molecule has 0 N–H and O–H groups in total. The lowest BCUT2D eigenvalue weighted by Gasteiger charge is -2.16. The summed E-state index contributed by atoms with van der Waals surface area (Å²) in [5.41, 5.74) is 0. The van der Waals surface area contributed by atoms with E-state index in [9.17, 15) is 4.79 Å². The summed E-state index contributed by atoms with van der Waals surface area (Å²) >= 11 is 1.76. The van der Waals surface area contributed by atoms with Gasteiger partial charge in [0.05, 0.1) is 5.75 Å². The predicted molar refractivity (Wildman–Crippen MR) is 70.6 cm³/mol. The second-order valence-corrected chi connectivity index (χ2v) is 6.91. The van der Waals surface area contributed by atoms with Crippen LogP contribution in [-0.2, 0) is 4.79 Å². The third kappa shape index (κ3) is 11.9. The van der Waals surface area contributed by atoms with Crippen LogP contribution in [0.3, 0.4) is 0 Å². The second-order valence-electron chi connectivity index (χ2n) is 5.10. The van der Waals surface area contributed by atoms with Gasteiger partial charge in [0.2, 0.25) is 0 Å². The quantitative estimate of drug-likeness (QED) is 0.573. The van der Waals surface area contributed by atoms with Crippen LogP contribution in [-0.4, -0.2) is 16.3 Å². The summed E-state index contributed by atoms with van der Waals surface area (Å²) in [6.07, 6.45) is 6.96. The van der Waals surface area contributed by atoms with Gasteiger partial charge in [-0.3, -0.25) is 4.79 Å². The molecule has 0 bridgehead atoms. The fourth-order valence-electron chi connectivity index (χ4n) is 1.29. The molecule has 0 aromatic rings. The molecule has 0 aliphatic carbocycles. The first kappa shape index (κ1) is 15.0. The van der Waals surface area contributed by atoms with Crippen LogP contribution in [0.5, 0.6) is 0 Å². The molecule has 0 fully saturated rings. The van der Waals surface area contributed by atoms with Crippen LogP contribution in [0.25, 0.3) is 0 Å². The normalized spacial score (nSPS) is 11.7. The van der Waals surface area contributed by atoms with Crippen LogP contribution >= 0.6 is 11.8 Å². The first-order valence-electron chi connectivity index (χ1n) is 6.11. The molecule has 0 spiro atoms. The molecule has 0 unspecified atom stereocenters. The van der Waals surface area contributed by atoms with Gasteiger partial charge in [0.1, 0.15) is 5.78 Å². The van der Waals surface area contributed by atoms with Crippen molar-refractivity contribution in [1.29, 1.82) is 0 Å². The zero-order valence-corrected chi connectivity index (χ0v) is 11.6. The van der Waals surface area contributed by atoms with Gasteiger partial charge in [-0.15, -0.1) is 11.8 Å². The number of hydrogen-bond acceptors (Lipinski definition) is 2. The highest BCUT2D eigenvalue weighted by Crippen LogP contribution is 2.23. The first-order chi connectivity index (χ1) is 6.95. The van der Waals surface area contributed by atoms with Gasteiger partial charge in [-0.25, -0.2) is 0 Å². The van der Waals surface area contributed by atoms with Gasteiger partial charge in [-0.05, 0) is 6.42 Å². The Morgan fingerprint density at radius 1 is 1.07 bits per heavy atom. The lowest BCUT2D eigenvalue weighted by molar-refractivity contribution is -0.116. The standard InChI is InChI=1S/C13H26OS/c1-5-6-7-8-9-10-12(14)11-15-13(2,3)4/h5-11H2,1-4H3. The molecule has 0 amide bonds. The number of thioether (sulfide) groups is 1. The molecule has 0 aliphatic heterocycles. The van der Waals surface area contributed by atoms with Gasteiger partial charge < -0.3 is 0 Å². The van der Waals surface area contributed by atoms with E-state index >= 15 is 0 Å². The van der Waals surface area contributed by atoms with E-state index < -0.39 is 0 Å². The van der Waals surface area contributed by atoms with Crippen molar-refractivity contribution in [2.75, 3.05) is 5.75 Å². The number of unbranched alkanes of at least 4 members (excludes halogenated alkanes) is 4. The van der Waals surface area contributed by atoms with Crippen LogP contribution < -0.4 is 0 Å². The molecule has 0 radical (unpaired) electrons. The molecule has 90 valence electrons. The van der Waals surface area contributed by atoms with Crippen LogP contribution in [0.15, 0.2) is 0 Å². The monoisotopic (exact) mass is 230 g/mol. The summed E-state index contributed by atoms with van der Waals surface area (Å²) in [6.45, 7) is 8.69. The van der Waals surface area contributed by atoms with Gasteiger partial charge in [0.25, 0.3) is 0 Å². The van der Waals surface area contributed by atoms with E-state index in [1.165, 1.54) is 25.7 Å². The van der Waals surface area contributed by atoms with E-state index in [2.05, 4.69) is 27.7 Å². The minimum Gasteiger partial charge on any atom is -0.299 e. The first-order valence-corrected chi connectivity index (χ1v) is 7.10. The highest BCUT2D eigenvalue weighted by molar-refractivity contribution is 8.01. The third-order valence-electron chi connectivity index (χ3n) is 2.23. The van der Waals surface area contributed by atoms with Crippen molar-refractivity contribution in [3.05, 3.63) is 0 Å². The van der Waals surface area contributed by atoms with Crippen LogP contribution in [0.4, 0.5) is 0 Å². The fourth-order valence-corrected chi connectivity index (χ4v) is 2.03. The van der Waals surface area contributed by atoms with Crippen molar-refractivity contribution < 1.29 is 4.79 Å². The van der Waals surface area contributed by atoms with Gasteiger partial charge in [-0.1, -0.05) is 53.4 Å². The maximum atomic E-state index is 11.5. The van der Waals surface area contributed by atoms with Crippen molar-refractivity contribution in [3.63, 3.8) is 0 Å². The SMILES string of the molecule is CCCCCCCC(=O)CSC(C)(C)C. The van der Waals surface area contributed by atoms with E-state index in [0.717, 1.165) is 12.8 Å². The molecule has 0 rings (SSSR count). The Morgan fingerprint density at radius 3 is 2.20 bits per heavy atom. The fraction of sp³-hybridized carbons (Fsp3) is 0.923. The molecular weight excluding hydrogens is 204 g/mol. The van der Waals surface area contributed by atoms with Gasteiger partial charge in [-0.2, -0.15) is 0 Å². The molecule has 0 heterocycles. The van der Waals surface area contributed by atoms with Gasteiger partial charge in [0, 0.05) is 11.2 Å². The van der Waals surface area contributed by atoms with Crippen molar-refractivity contribution in [3.8, 4) is 0 Å². The van der Waals surface area contributed by atoms with Crippen molar-refractivity contribution >= 4 is 17.5 Å². The van der Waals surface area contributed by atoms with E-state index in [4.69, 9.17) is 0 Å². The predicted octanol–water partition coefficient (Wildman–Crippen LogP) is 4.45. The molecule has 0 aliphatic rings. The average molecular weight is 230 g/mol.